The molecule has 1 aliphatic heterocycles. The normalized spacial score (nSPS) is 13.1. The third-order valence-electron chi connectivity index (χ3n) is 4.96. The second-order valence-corrected chi connectivity index (χ2v) is 9.66. The average molecular weight is 540 g/mol. The number of alkyl halides is 3. The van der Waals surface area contributed by atoms with Crippen LogP contribution in [0.25, 0.3) is 0 Å². The SMILES string of the molecule is O=C(CN(c1ccc(Cl)c(C(F)(F)F)c1)S(=O)(=O)c1ccccc1)N/N=C/c1ccc2c(c1)OCO2. The molecular weight excluding hydrogens is 523 g/mol. The number of nitrogens with zero attached hydrogens (tertiary/aromatic N) is 2. The van der Waals surface area contributed by atoms with Crippen molar-refractivity contribution in [3.63, 3.8) is 0 Å². The molecule has 188 valence electrons. The number of hydrogen-bond acceptors (Lipinski definition) is 6. The fraction of sp³-hybridized carbons (Fsp3) is 0.130. The maximum atomic E-state index is 13.4. The first kappa shape index (κ1) is 25.3. The number of anilines is 1. The molecule has 1 heterocycles. The van der Waals surface area contributed by atoms with Crippen LogP contribution in [0.15, 0.2) is 76.7 Å². The highest BCUT2D eigenvalue weighted by Gasteiger charge is 2.35. The topological polar surface area (TPSA) is 97.3 Å². The summed E-state index contributed by atoms with van der Waals surface area (Å²) in [4.78, 5) is 12.4. The summed E-state index contributed by atoms with van der Waals surface area (Å²) >= 11 is 5.68. The van der Waals surface area contributed by atoms with Gasteiger partial charge in [0, 0.05) is 0 Å². The molecule has 0 aliphatic carbocycles. The molecule has 3 aromatic carbocycles. The van der Waals surface area contributed by atoms with Crippen molar-refractivity contribution < 1.29 is 35.9 Å². The molecular formula is C23H17ClF3N3O5S. The van der Waals surface area contributed by atoms with Gasteiger partial charge in [-0.15, -0.1) is 0 Å². The predicted molar refractivity (Wildman–Crippen MR) is 126 cm³/mol. The lowest BCUT2D eigenvalue weighted by Gasteiger charge is -2.24. The lowest BCUT2D eigenvalue weighted by atomic mass is 10.2. The van der Waals surface area contributed by atoms with E-state index >= 15 is 0 Å². The first-order valence-electron chi connectivity index (χ1n) is 10.2. The summed E-state index contributed by atoms with van der Waals surface area (Å²) in [6.45, 7) is -0.770. The molecule has 13 heteroatoms. The Morgan fingerprint density at radius 1 is 1.06 bits per heavy atom. The minimum Gasteiger partial charge on any atom is -0.454 e. The van der Waals surface area contributed by atoms with Crippen LogP contribution in [0.5, 0.6) is 11.5 Å². The lowest BCUT2D eigenvalue weighted by Crippen LogP contribution is -2.39. The van der Waals surface area contributed by atoms with Gasteiger partial charge in [-0.25, -0.2) is 13.8 Å². The molecule has 0 bridgehead atoms. The van der Waals surface area contributed by atoms with E-state index in [1.165, 1.54) is 30.5 Å². The van der Waals surface area contributed by atoms with Gasteiger partial charge in [-0.3, -0.25) is 9.10 Å². The van der Waals surface area contributed by atoms with E-state index in [2.05, 4.69) is 10.5 Å². The molecule has 8 nitrogen and oxygen atoms in total. The Labute approximate surface area is 208 Å². The summed E-state index contributed by atoms with van der Waals surface area (Å²) in [5.74, 6) is 0.155. The number of carbonyl (C=O) groups excluding carboxylic acids is 1. The van der Waals surface area contributed by atoms with Crippen LogP contribution in [0.1, 0.15) is 11.1 Å². The van der Waals surface area contributed by atoms with Crippen LogP contribution < -0.4 is 19.2 Å². The van der Waals surface area contributed by atoms with E-state index in [0.29, 0.717) is 27.4 Å². The van der Waals surface area contributed by atoms with E-state index in [1.807, 2.05) is 0 Å². The number of fused-ring (bicyclic) bond motifs is 1. The fourth-order valence-corrected chi connectivity index (χ4v) is 4.92. The minimum atomic E-state index is -4.84. The van der Waals surface area contributed by atoms with Crippen LogP contribution in [-0.4, -0.2) is 33.9 Å². The molecule has 0 atom stereocenters. The highest BCUT2D eigenvalue weighted by Crippen LogP contribution is 2.38. The number of amides is 1. The number of ether oxygens (including phenoxy) is 2. The van der Waals surface area contributed by atoms with Crippen molar-refractivity contribution in [2.24, 2.45) is 5.10 Å². The van der Waals surface area contributed by atoms with Crippen molar-refractivity contribution in [1.29, 1.82) is 0 Å². The van der Waals surface area contributed by atoms with E-state index in [4.69, 9.17) is 21.1 Å². The second kappa shape index (κ2) is 10.1. The first-order chi connectivity index (χ1) is 17.1. The highest BCUT2D eigenvalue weighted by atomic mass is 35.5. The molecule has 4 rings (SSSR count). The van der Waals surface area contributed by atoms with Gasteiger partial charge in [0.25, 0.3) is 15.9 Å². The molecule has 1 amide bonds. The van der Waals surface area contributed by atoms with Crippen LogP contribution in [0.3, 0.4) is 0 Å². The summed E-state index contributed by atoms with van der Waals surface area (Å²) in [5, 5.41) is 3.19. The van der Waals surface area contributed by atoms with Crippen molar-refractivity contribution in [2.75, 3.05) is 17.6 Å². The van der Waals surface area contributed by atoms with Crippen LogP contribution in [0, 0.1) is 0 Å². The summed E-state index contributed by atoms with van der Waals surface area (Å²) in [6, 6.07) is 14.5. The quantitative estimate of drug-likeness (QED) is 0.354. The molecule has 0 saturated carbocycles. The molecule has 0 fully saturated rings. The Morgan fingerprint density at radius 2 is 1.78 bits per heavy atom. The molecule has 36 heavy (non-hydrogen) atoms. The molecule has 0 unspecified atom stereocenters. The Morgan fingerprint density at radius 3 is 2.50 bits per heavy atom. The maximum Gasteiger partial charge on any atom is 0.417 e. The first-order valence-corrected chi connectivity index (χ1v) is 12.0. The van der Waals surface area contributed by atoms with Gasteiger partial charge in [-0.05, 0) is 54.1 Å². The second-order valence-electron chi connectivity index (χ2n) is 7.39. The number of halogens is 4. The number of rotatable bonds is 7. The average Bonchev–Trinajstić information content (AvgIpc) is 3.31. The van der Waals surface area contributed by atoms with Crippen LogP contribution in [-0.2, 0) is 21.0 Å². The monoisotopic (exact) mass is 539 g/mol. The lowest BCUT2D eigenvalue weighted by molar-refractivity contribution is -0.137. The van der Waals surface area contributed by atoms with Gasteiger partial charge < -0.3 is 9.47 Å². The maximum absolute atomic E-state index is 13.4. The summed E-state index contributed by atoms with van der Waals surface area (Å²) in [7, 11) is -4.43. The van der Waals surface area contributed by atoms with Gasteiger partial charge >= 0.3 is 6.18 Å². The number of carbonyl (C=O) groups is 1. The summed E-state index contributed by atoms with van der Waals surface area (Å²) in [6.07, 6.45) is -3.55. The zero-order chi connectivity index (χ0) is 25.9. The van der Waals surface area contributed by atoms with Gasteiger partial charge in [0.1, 0.15) is 6.54 Å². The number of hydrogen-bond donors (Lipinski definition) is 1. The Balaban J connectivity index is 1.60. The zero-order valence-corrected chi connectivity index (χ0v) is 19.8. The number of hydrazone groups is 1. The number of benzene rings is 3. The van der Waals surface area contributed by atoms with Crippen LogP contribution >= 0.6 is 11.6 Å². The molecule has 0 radical (unpaired) electrons. The predicted octanol–water partition coefficient (Wildman–Crippen LogP) is 4.43. The van der Waals surface area contributed by atoms with Crippen molar-refractivity contribution in [3.8, 4) is 11.5 Å². The Kier molecular flexibility index (Phi) is 7.09. The fourth-order valence-electron chi connectivity index (χ4n) is 3.26. The summed E-state index contributed by atoms with van der Waals surface area (Å²) < 4.78 is 77.8. The third-order valence-corrected chi connectivity index (χ3v) is 7.08. The van der Waals surface area contributed by atoms with Crippen molar-refractivity contribution in [2.45, 2.75) is 11.1 Å². The van der Waals surface area contributed by atoms with E-state index in [1.54, 1.807) is 24.3 Å². The molecule has 3 aromatic rings. The minimum absolute atomic E-state index is 0.0825. The van der Waals surface area contributed by atoms with Gasteiger partial charge in [0.2, 0.25) is 6.79 Å². The van der Waals surface area contributed by atoms with Crippen molar-refractivity contribution in [1.82, 2.24) is 5.43 Å². The Hall–Kier alpha value is -3.77. The zero-order valence-electron chi connectivity index (χ0n) is 18.2. The molecule has 0 saturated heterocycles. The Bertz CT molecular complexity index is 1420. The third kappa shape index (κ3) is 5.55. The van der Waals surface area contributed by atoms with Crippen molar-refractivity contribution >= 4 is 39.4 Å². The van der Waals surface area contributed by atoms with Crippen LogP contribution in [0.2, 0.25) is 5.02 Å². The smallest absolute Gasteiger partial charge is 0.417 e. The molecule has 0 spiro atoms. The molecule has 1 aliphatic rings. The van der Waals surface area contributed by atoms with E-state index in [9.17, 15) is 26.4 Å². The van der Waals surface area contributed by atoms with E-state index < -0.39 is 44.9 Å². The molecule has 0 aromatic heterocycles. The molecule has 1 N–H and O–H groups in total. The van der Waals surface area contributed by atoms with Gasteiger partial charge in [0.15, 0.2) is 11.5 Å². The van der Waals surface area contributed by atoms with E-state index in [-0.39, 0.29) is 11.7 Å². The van der Waals surface area contributed by atoms with E-state index in [0.717, 1.165) is 12.1 Å². The van der Waals surface area contributed by atoms with Gasteiger partial charge in [0.05, 0.1) is 27.4 Å². The number of sulfonamides is 1. The van der Waals surface area contributed by atoms with Crippen molar-refractivity contribution in [3.05, 3.63) is 82.9 Å². The standard InChI is InChI=1S/C23H17ClF3N3O5S/c24-19-8-7-16(11-18(19)23(25,26)27)30(36(32,33)17-4-2-1-3-5-17)13-22(31)29-28-12-15-6-9-20-21(10-15)35-14-34-20/h1-12H,13-14H2,(H,29,31)/b28-12+. The highest BCUT2D eigenvalue weighted by molar-refractivity contribution is 7.92. The van der Waals surface area contributed by atoms with Gasteiger partial charge in [-0.1, -0.05) is 29.8 Å². The van der Waals surface area contributed by atoms with Crippen LogP contribution in [0.4, 0.5) is 18.9 Å². The van der Waals surface area contributed by atoms with Gasteiger partial charge in [-0.2, -0.15) is 18.3 Å². The largest absolute Gasteiger partial charge is 0.454 e. The summed E-state index contributed by atoms with van der Waals surface area (Å²) in [5.41, 5.74) is 1.10. The number of nitrogens with one attached hydrogen (secondary N) is 1.